The van der Waals surface area contributed by atoms with Gasteiger partial charge < -0.3 is 25.0 Å². The monoisotopic (exact) mass is 370 g/mol. The summed E-state index contributed by atoms with van der Waals surface area (Å²) in [4.78, 5) is 17.8. The van der Waals surface area contributed by atoms with Gasteiger partial charge >= 0.3 is 6.09 Å². The summed E-state index contributed by atoms with van der Waals surface area (Å²) in [5.41, 5.74) is -0.172. The maximum absolute atomic E-state index is 12.0. The van der Waals surface area contributed by atoms with Crippen molar-refractivity contribution in [3.8, 4) is 0 Å². The van der Waals surface area contributed by atoms with Gasteiger partial charge in [-0.3, -0.25) is 4.99 Å². The number of rotatable bonds is 8. The van der Waals surface area contributed by atoms with Crippen LogP contribution in [0.25, 0.3) is 0 Å². The molecule has 152 valence electrons. The highest BCUT2D eigenvalue weighted by Gasteiger charge is 2.33. The standard InChI is InChI=1S/C19H38N4O3/c1-18(2,3)26-17(24)23(5)13-12-21-16(20-4)22-15-19(11-14-25-6)9-7-8-10-19/h7-15H2,1-6H3,(H2,20,21,22). The van der Waals surface area contributed by atoms with E-state index in [1.165, 1.54) is 25.7 Å². The zero-order valence-corrected chi connectivity index (χ0v) is 17.5. The van der Waals surface area contributed by atoms with Crippen LogP contribution in [0.2, 0.25) is 0 Å². The number of amides is 1. The van der Waals surface area contributed by atoms with Crippen LogP contribution in [-0.2, 0) is 9.47 Å². The van der Waals surface area contributed by atoms with Gasteiger partial charge in [0.15, 0.2) is 5.96 Å². The Kier molecular flexibility index (Phi) is 9.19. The fourth-order valence-electron chi connectivity index (χ4n) is 3.22. The second-order valence-corrected chi connectivity index (χ2v) is 8.20. The SMILES string of the molecule is CN=C(NCCN(C)C(=O)OC(C)(C)C)NCC1(CCOC)CCCC1. The van der Waals surface area contributed by atoms with E-state index in [0.29, 0.717) is 18.5 Å². The van der Waals surface area contributed by atoms with Gasteiger partial charge in [0, 0.05) is 47.4 Å². The number of ether oxygens (including phenoxy) is 2. The van der Waals surface area contributed by atoms with Crippen molar-refractivity contribution >= 4 is 12.1 Å². The highest BCUT2D eigenvalue weighted by Crippen LogP contribution is 2.40. The Hall–Kier alpha value is -1.50. The minimum Gasteiger partial charge on any atom is -0.444 e. The number of nitrogens with one attached hydrogen (secondary N) is 2. The number of likely N-dealkylation sites (N-methyl/N-ethyl adjacent to an activating group) is 1. The fourth-order valence-corrected chi connectivity index (χ4v) is 3.22. The Balaban J connectivity index is 2.37. The number of carbonyl (C=O) groups excluding carboxylic acids is 1. The fraction of sp³-hybridized carbons (Fsp3) is 0.895. The smallest absolute Gasteiger partial charge is 0.410 e. The van der Waals surface area contributed by atoms with Gasteiger partial charge in [0.25, 0.3) is 0 Å². The molecular weight excluding hydrogens is 332 g/mol. The van der Waals surface area contributed by atoms with Crippen molar-refractivity contribution in [1.29, 1.82) is 0 Å². The van der Waals surface area contributed by atoms with Gasteiger partial charge in [0.2, 0.25) is 0 Å². The zero-order chi connectivity index (χ0) is 19.6. The molecule has 0 aromatic carbocycles. The summed E-state index contributed by atoms with van der Waals surface area (Å²) in [6.07, 6.45) is 5.82. The maximum Gasteiger partial charge on any atom is 0.410 e. The zero-order valence-electron chi connectivity index (χ0n) is 17.5. The van der Waals surface area contributed by atoms with Gasteiger partial charge in [-0.05, 0) is 45.4 Å². The summed E-state index contributed by atoms with van der Waals surface area (Å²) in [6, 6.07) is 0. The molecule has 0 spiro atoms. The van der Waals surface area contributed by atoms with Crippen molar-refractivity contribution < 1.29 is 14.3 Å². The first-order valence-electron chi connectivity index (χ1n) is 9.59. The predicted molar refractivity (Wildman–Crippen MR) is 106 cm³/mol. The number of hydrogen-bond donors (Lipinski definition) is 2. The van der Waals surface area contributed by atoms with E-state index in [2.05, 4.69) is 15.6 Å². The van der Waals surface area contributed by atoms with Gasteiger partial charge in [-0.2, -0.15) is 0 Å². The van der Waals surface area contributed by atoms with Crippen LogP contribution in [0.1, 0.15) is 52.9 Å². The first kappa shape index (κ1) is 22.5. The molecule has 7 heteroatoms. The number of nitrogens with zero attached hydrogens (tertiary/aromatic N) is 2. The van der Waals surface area contributed by atoms with E-state index in [1.54, 1.807) is 26.1 Å². The number of methoxy groups -OCH3 is 1. The number of carbonyl (C=O) groups is 1. The van der Waals surface area contributed by atoms with E-state index >= 15 is 0 Å². The Morgan fingerprint density at radius 2 is 1.88 bits per heavy atom. The third-order valence-electron chi connectivity index (χ3n) is 4.80. The van der Waals surface area contributed by atoms with Gasteiger partial charge in [0.05, 0.1) is 0 Å². The minimum atomic E-state index is -0.478. The van der Waals surface area contributed by atoms with Crippen molar-refractivity contribution in [2.45, 2.75) is 58.5 Å². The lowest BCUT2D eigenvalue weighted by molar-refractivity contribution is 0.0302. The Morgan fingerprint density at radius 3 is 2.42 bits per heavy atom. The van der Waals surface area contributed by atoms with Crippen molar-refractivity contribution in [2.75, 3.05) is 47.4 Å². The van der Waals surface area contributed by atoms with E-state index < -0.39 is 5.60 Å². The average molecular weight is 371 g/mol. The largest absolute Gasteiger partial charge is 0.444 e. The molecule has 0 aliphatic heterocycles. The third kappa shape index (κ3) is 8.25. The molecule has 2 N–H and O–H groups in total. The second-order valence-electron chi connectivity index (χ2n) is 8.20. The van der Waals surface area contributed by atoms with Crippen LogP contribution in [0.5, 0.6) is 0 Å². The average Bonchev–Trinajstić information content (AvgIpc) is 3.03. The van der Waals surface area contributed by atoms with Crippen molar-refractivity contribution in [3.05, 3.63) is 0 Å². The maximum atomic E-state index is 12.0. The molecule has 1 fully saturated rings. The van der Waals surface area contributed by atoms with E-state index in [4.69, 9.17) is 9.47 Å². The summed E-state index contributed by atoms with van der Waals surface area (Å²) < 4.78 is 10.6. The molecule has 1 aliphatic carbocycles. The van der Waals surface area contributed by atoms with Crippen LogP contribution < -0.4 is 10.6 Å². The molecule has 0 aromatic heterocycles. The number of hydrogen-bond acceptors (Lipinski definition) is 4. The van der Waals surface area contributed by atoms with Crippen LogP contribution >= 0.6 is 0 Å². The predicted octanol–water partition coefficient (Wildman–Crippen LogP) is 2.62. The van der Waals surface area contributed by atoms with Gasteiger partial charge in [-0.25, -0.2) is 4.79 Å². The first-order valence-corrected chi connectivity index (χ1v) is 9.59. The summed E-state index contributed by atoms with van der Waals surface area (Å²) in [5, 5.41) is 6.72. The molecule has 26 heavy (non-hydrogen) atoms. The topological polar surface area (TPSA) is 75.2 Å². The van der Waals surface area contributed by atoms with Gasteiger partial charge in [-0.1, -0.05) is 12.8 Å². The van der Waals surface area contributed by atoms with Crippen LogP contribution in [0.15, 0.2) is 4.99 Å². The van der Waals surface area contributed by atoms with Crippen LogP contribution in [-0.4, -0.2) is 70.0 Å². The number of guanidine groups is 1. The molecule has 7 nitrogen and oxygen atoms in total. The highest BCUT2D eigenvalue weighted by molar-refractivity contribution is 5.79. The Morgan fingerprint density at radius 1 is 1.23 bits per heavy atom. The van der Waals surface area contributed by atoms with Crippen molar-refractivity contribution in [1.82, 2.24) is 15.5 Å². The van der Waals surface area contributed by atoms with E-state index in [0.717, 1.165) is 25.5 Å². The summed E-state index contributed by atoms with van der Waals surface area (Å²) in [6.45, 7) is 8.46. The molecule has 0 atom stereocenters. The molecule has 0 radical (unpaired) electrons. The molecule has 0 aromatic rings. The van der Waals surface area contributed by atoms with E-state index in [1.807, 2.05) is 20.8 Å². The summed E-state index contributed by atoms with van der Waals surface area (Å²) in [5.74, 6) is 0.770. The second kappa shape index (κ2) is 10.6. The van der Waals surface area contributed by atoms with Crippen molar-refractivity contribution in [3.63, 3.8) is 0 Å². The van der Waals surface area contributed by atoms with Crippen molar-refractivity contribution in [2.24, 2.45) is 10.4 Å². The Labute approximate surface area is 158 Å². The molecule has 0 unspecified atom stereocenters. The molecule has 0 bridgehead atoms. The van der Waals surface area contributed by atoms with Crippen LogP contribution in [0, 0.1) is 5.41 Å². The lowest BCUT2D eigenvalue weighted by atomic mass is 9.83. The van der Waals surface area contributed by atoms with E-state index in [-0.39, 0.29) is 6.09 Å². The molecule has 1 aliphatic rings. The molecule has 1 saturated carbocycles. The highest BCUT2D eigenvalue weighted by atomic mass is 16.6. The number of aliphatic imine (C=N–C) groups is 1. The molecular formula is C19H38N4O3. The molecule has 1 rings (SSSR count). The summed E-state index contributed by atoms with van der Waals surface area (Å²) in [7, 11) is 5.27. The minimum absolute atomic E-state index is 0.306. The molecule has 0 heterocycles. The van der Waals surface area contributed by atoms with Gasteiger partial charge in [-0.15, -0.1) is 0 Å². The Bertz CT molecular complexity index is 454. The normalized spacial score (nSPS) is 17.1. The summed E-state index contributed by atoms with van der Waals surface area (Å²) >= 11 is 0. The lowest BCUT2D eigenvalue weighted by Gasteiger charge is -2.30. The van der Waals surface area contributed by atoms with E-state index in [9.17, 15) is 4.79 Å². The third-order valence-corrected chi connectivity index (χ3v) is 4.80. The van der Waals surface area contributed by atoms with Crippen LogP contribution in [0.3, 0.4) is 0 Å². The lowest BCUT2D eigenvalue weighted by Crippen LogP contribution is -2.46. The molecule has 1 amide bonds. The van der Waals surface area contributed by atoms with Gasteiger partial charge in [0.1, 0.15) is 5.60 Å². The first-order chi connectivity index (χ1) is 12.2. The molecule has 0 saturated heterocycles. The van der Waals surface area contributed by atoms with Crippen LogP contribution in [0.4, 0.5) is 4.79 Å². The quantitative estimate of drug-likeness (QED) is 0.507.